The van der Waals surface area contributed by atoms with Gasteiger partial charge in [0.15, 0.2) is 0 Å². The summed E-state index contributed by atoms with van der Waals surface area (Å²) in [4.78, 5) is 36.0. The first kappa shape index (κ1) is 17.3. The summed E-state index contributed by atoms with van der Waals surface area (Å²) in [6.45, 7) is 1.75. The third kappa shape index (κ3) is 3.48. The van der Waals surface area contributed by atoms with Crippen molar-refractivity contribution in [3.8, 4) is 0 Å². The zero-order chi connectivity index (χ0) is 17.3. The van der Waals surface area contributed by atoms with Gasteiger partial charge in [-0.05, 0) is 24.6 Å². The van der Waals surface area contributed by atoms with Crippen molar-refractivity contribution in [2.24, 2.45) is 14.1 Å². The number of nitrogens with zero attached hydrogens (tertiary/aromatic N) is 2. The van der Waals surface area contributed by atoms with Crippen LogP contribution in [0.4, 0.5) is 0 Å². The molecule has 0 saturated heterocycles. The van der Waals surface area contributed by atoms with Gasteiger partial charge in [0.2, 0.25) is 0 Å². The Kier molecular flexibility index (Phi) is 4.97. The maximum Gasteiger partial charge on any atom is 0.330 e. The molecule has 0 aliphatic heterocycles. The van der Waals surface area contributed by atoms with Gasteiger partial charge in [0, 0.05) is 20.3 Å². The molecule has 0 aliphatic carbocycles. The van der Waals surface area contributed by atoms with Gasteiger partial charge < -0.3 is 9.88 Å². The molecule has 1 heterocycles. The molecule has 23 heavy (non-hydrogen) atoms. The van der Waals surface area contributed by atoms with Crippen molar-refractivity contribution in [2.75, 3.05) is 0 Å². The molecule has 0 fully saturated rings. The second-order valence-electron chi connectivity index (χ2n) is 5.17. The molecule has 1 aromatic heterocycles. The zero-order valence-electron chi connectivity index (χ0n) is 12.8. The Morgan fingerprint density at radius 2 is 1.83 bits per heavy atom. The van der Waals surface area contributed by atoms with Gasteiger partial charge in [-0.15, -0.1) is 0 Å². The van der Waals surface area contributed by atoms with E-state index < -0.39 is 17.2 Å². The molecule has 0 saturated carbocycles. The van der Waals surface area contributed by atoms with E-state index in [4.69, 9.17) is 23.2 Å². The molecule has 2 aromatic rings. The van der Waals surface area contributed by atoms with E-state index >= 15 is 0 Å². The van der Waals surface area contributed by atoms with Gasteiger partial charge in [-0.2, -0.15) is 0 Å². The highest BCUT2D eigenvalue weighted by atomic mass is 35.5. The standard InChI is InChI=1S/C15H15Cl2N3O3/c1-8(9-4-5-11(16)12(17)6-9)18-13(21)10-7-19(2)15(23)20(3)14(10)22/h4-8H,1-3H3,(H,18,21)/t8-/m1/s1. The first-order valence-electron chi connectivity index (χ1n) is 6.75. The average Bonchev–Trinajstić information content (AvgIpc) is 2.51. The molecular formula is C15H15Cl2N3O3. The Hall–Kier alpha value is -2.05. The summed E-state index contributed by atoms with van der Waals surface area (Å²) in [5, 5.41) is 3.50. The van der Waals surface area contributed by atoms with Crippen molar-refractivity contribution in [1.29, 1.82) is 0 Å². The molecule has 2 rings (SSSR count). The summed E-state index contributed by atoms with van der Waals surface area (Å²) in [6, 6.07) is 4.62. The predicted octanol–water partition coefficient (Wildman–Crippen LogP) is 1.88. The molecule has 0 bridgehead atoms. The lowest BCUT2D eigenvalue weighted by Gasteiger charge is -2.15. The predicted molar refractivity (Wildman–Crippen MR) is 89.3 cm³/mol. The minimum Gasteiger partial charge on any atom is -0.345 e. The maximum atomic E-state index is 12.3. The van der Waals surface area contributed by atoms with Gasteiger partial charge in [-0.1, -0.05) is 29.3 Å². The van der Waals surface area contributed by atoms with Gasteiger partial charge in [-0.3, -0.25) is 14.2 Å². The third-order valence-electron chi connectivity index (χ3n) is 3.48. The Morgan fingerprint density at radius 3 is 2.43 bits per heavy atom. The van der Waals surface area contributed by atoms with E-state index in [-0.39, 0.29) is 11.6 Å². The molecule has 8 heteroatoms. The molecular weight excluding hydrogens is 341 g/mol. The molecule has 1 atom stereocenters. The van der Waals surface area contributed by atoms with Crippen molar-refractivity contribution >= 4 is 29.1 Å². The lowest BCUT2D eigenvalue weighted by Crippen LogP contribution is -2.42. The molecule has 6 nitrogen and oxygen atoms in total. The van der Waals surface area contributed by atoms with Gasteiger partial charge in [0.25, 0.3) is 11.5 Å². The van der Waals surface area contributed by atoms with Crippen LogP contribution in [0.1, 0.15) is 28.9 Å². The smallest absolute Gasteiger partial charge is 0.330 e. The Bertz CT molecular complexity index is 887. The quantitative estimate of drug-likeness (QED) is 0.913. The Balaban J connectivity index is 2.30. The molecule has 1 amide bonds. The number of benzene rings is 1. The molecule has 1 aromatic carbocycles. The molecule has 0 unspecified atom stereocenters. The lowest BCUT2D eigenvalue weighted by atomic mass is 10.1. The van der Waals surface area contributed by atoms with Crippen LogP contribution in [0.2, 0.25) is 10.0 Å². The molecule has 0 radical (unpaired) electrons. The largest absolute Gasteiger partial charge is 0.345 e. The normalized spacial score (nSPS) is 12.0. The minimum atomic E-state index is -0.646. The van der Waals surface area contributed by atoms with Gasteiger partial charge in [-0.25, -0.2) is 4.79 Å². The number of halogens is 2. The van der Waals surface area contributed by atoms with Crippen LogP contribution in [-0.2, 0) is 14.1 Å². The highest BCUT2D eigenvalue weighted by Crippen LogP contribution is 2.25. The summed E-state index contributed by atoms with van der Waals surface area (Å²) >= 11 is 11.8. The number of rotatable bonds is 3. The Morgan fingerprint density at radius 1 is 1.17 bits per heavy atom. The van der Waals surface area contributed by atoms with E-state index in [2.05, 4.69) is 5.32 Å². The fourth-order valence-electron chi connectivity index (χ4n) is 2.10. The van der Waals surface area contributed by atoms with Crippen LogP contribution in [0.5, 0.6) is 0 Å². The summed E-state index contributed by atoms with van der Waals surface area (Å²) < 4.78 is 2.07. The fourth-order valence-corrected chi connectivity index (χ4v) is 2.41. The number of carbonyl (C=O) groups is 1. The van der Waals surface area contributed by atoms with E-state index in [0.29, 0.717) is 10.0 Å². The topological polar surface area (TPSA) is 73.1 Å². The van der Waals surface area contributed by atoms with Gasteiger partial charge in [0.05, 0.1) is 16.1 Å². The summed E-state index contributed by atoms with van der Waals surface area (Å²) in [5.74, 6) is -0.570. The third-order valence-corrected chi connectivity index (χ3v) is 4.22. The highest BCUT2D eigenvalue weighted by Gasteiger charge is 2.17. The highest BCUT2D eigenvalue weighted by molar-refractivity contribution is 6.42. The minimum absolute atomic E-state index is 0.110. The summed E-state index contributed by atoms with van der Waals surface area (Å²) in [7, 11) is 2.80. The second-order valence-corrected chi connectivity index (χ2v) is 5.98. The first-order chi connectivity index (χ1) is 10.7. The lowest BCUT2D eigenvalue weighted by molar-refractivity contribution is 0.0936. The van der Waals surface area contributed by atoms with Crippen molar-refractivity contribution < 1.29 is 4.79 Å². The molecule has 1 N–H and O–H groups in total. The van der Waals surface area contributed by atoms with Crippen LogP contribution in [-0.4, -0.2) is 15.0 Å². The van der Waals surface area contributed by atoms with Crippen molar-refractivity contribution in [1.82, 2.24) is 14.5 Å². The van der Waals surface area contributed by atoms with Crippen LogP contribution in [0.3, 0.4) is 0 Å². The number of hydrogen-bond donors (Lipinski definition) is 1. The monoisotopic (exact) mass is 355 g/mol. The number of carbonyl (C=O) groups excluding carboxylic acids is 1. The van der Waals surface area contributed by atoms with Gasteiger partial charge >= 0.3 is 5.69 Å². The van der Waals surface area contributed by atoms with E-state index in [1.165, 1.54) is 24.9 Å². The number of aryl methyl sites for hydroxylation is 1. The second kappa shape index (κ2) is 6.60. The number of hydrogen-bond acceptors (Lipinski definition) is 3. The van der Waals surface area contributed by atoms with Crippen molar-refractivity contribution in [3.05, 3.63) is 66.4 Å². The fraction of sp³-hybridized carbons (Fsp3) is 0.267. The van der Waals surface area contributed by atoms with E-state index in [1.54, 1.807) is 25.1 Å². The van der Waals surface area contributed by atoms with Crippen LogP contribution in [0.15, 0.2) is 34.0 Å². The van der Waals surface area contributed by atoms with Crippen molar-refractivity contribution in [3.63, 3.8) is 0 Å². The van der Waals surface area contributed by atoms with Gasteiger partial charge in [0.1, 0.15) is 5.56 Å². The number of amides is 1. The van der Waals surface area contributed by atoms with Crippen molar-refractivity contribution in [2.45, 2.75) is 13.0 Å². The SMILES string of the molecule is C[C@@H](NC(=O)c1cn(C)c(=O)n(C)c1=O)c1ccc(Cl)c(Cl)c1. The van der Waals surface area contributed by atoms with Crippen LogP contribution >= 0.6 is 23.2 Å². The number of nitrogens with one attached hydrogen (secondary N) is 1. The summed E-state index contributed by atoms with van der Waals surface area (Å²) in [5.41, 5.74) is -0.507. The maximum absolute atomic E-state index is 12.3. The van der Waals surface area contributed by atoms with E-state index in [0.717, 1.165) is 10.1 Å². The van der Waals surface area contributed by atoms with Crippen LogP contribution in [0.25, 0.3) is 0 Å². The van der Waals surface area contributed by atoms with Crippen LogP contribution in [0, 0.1) is 0 Å². The van der Waals surface area contributed by atoms with Crippen LogP contribution < -0.4 is 16.6 Å². The average molecular weight is 356 g/mol. The molecule has 0 spiro atoms. The zero-order valence-corrected chi connectivity index (χ0v) is 14.3. The Labute approximate surface area is 142 Å². The van der Waals surface area contributed by atoms with E-state index in [1.807, 2.05) is 0 Å². The van der Waals surface area contributed by atoms with E-state index in [9.17, 15) is 14.4 Å². The first-order valence-corrected chi connectivity index (χ1v) is 7.50. The molecule has 122 valence electrons. The summed E-state index contributed by atoms with van der Waals surface area (Å²) in [6.07, 6.45) is 1.22. The molecule has 0 aliphatic rings. The number of aromatic nitrogens is 2.